The Balaban J connectivity index is 4.09. The Labute approximate surface area is 70.5 Å². The van der Waals surface area contributed by atoms with Crippen LogP contribution in [0.2, 0.25) is 0 Å². The molecule has 11 heavy (non-hydrogen) atoms. The van der Waals surface area contributed by atoms with E-state index in [0.29, 0.717) is 12.0 Å². The van der Waals surface area contributed by atoms with Gasteiger partial charge in [0.15, 0.2) is 11.9 Å². The third kappa shape index (κ3) is 4.03. The molecule has 0 rings (SSSR count). The molecule has 0 radical (unpaired) electrons. The molecule has 0 aromatic rings. The van der Waals surface area contributed by atoms with Gasteiger partial charge in [0.05, 0.1) is 0 Å². The number of hydrogen-bond donors (Lipinski definition) is 0. The van der Waals surface area contributed by atoms with Crippen molar-refractivity contribution in [3.8, 4) is 0 Å². The van der Waals surface area contributed by atoms with Crippen molar-refractivity contribution in [2.75, 3.05) is 12.0 Å². The quantitative estimate of drug-likeness (QED) is 0.471. The van der Waals surface area contributed by atoms with Gasteiger partial charge in [-0.25, -0.2) is 0 Å². The van der Waals surface area contributed by atoms with Crippen LogP contribution in [0.25, 0.3) is 0 Å². The molecule has 1 atom stereocenters. The summed E-state index contributed by atoms with van der Waals surface area (Å²) < 4.78 is 4.80. The van der Waals surface area contributed by atoms with E-state index in [1.807, 2.05) is 6.26 Å². The van der Waals surface area contributed by atoms with Crippen LogP contribution in [0, 0.1) is 0 Å². The summed E-state index contributed by atoms with van der Waals surface area (Å²) in [6.45, 7) is 2.89. The average molecular weight is 176 g/mol. The third-order valence-electron chi connectivity index (χ3n) is 1.06. The second-order valence-corrected chi connectivity index (χ2v) is 3.32. The van der Waals surface area contributed by atoms with E-state index in [0.717, 1.165) is 0 Å². The summed E-state index contributed by atoms with van der Waals surface area (Å²) in [5, 5.41) is 0. The van der Waals surface area contributed by atoms with Crippen molar-refractivity contribution in [2.45, 2.75) is 19.4 Å². The Hall–Kier alpha value is -0.510. The summed E-state index contributed by atoms with van der Waals surface area (Å²) in [6.07, 6.45) is 2.51. The zero-order valence-electron chi connectivity index (χ0n) is 6.92. The molecule has 64 valence electrons. The molecule has 0 aliphatic carbocycles. The molecule has 0 aliphatic heterocycles. The second kappa shape index (κ2) is 4.38. The highest BCUT2D eigenvalue weighted by Crippen LogP contribution is 2.13. The first kappa shape index (κ1) is 10.5. The summed E-state index contributed by atoms with van der Waals surface area (Å²) in [5.41, 5.74) is -0.953. The molecular weight excluding hydrogens is 164 g/mol. The van der Waals surface area contributed by atoms with Crippen molar-refractivity contribution in [3.63, 3.8) is 0 Å². The van der Waals surface area contributed by atoms with E-state index in [2.05, 4.69) is 0 Å². The number of rotatable bonds is 4. The van der Waals surface area contributed by atoms with E-state index in [1.54, 1.807) is 6.92 Å². The van der Waals surface area contributed by atoms with Crippen LogP contribution in [0.4, 0.5) is 0 Å². The molecule has 0 spiro atoms. The van der Waals surface area contributed by atoms with Crippen LogP contribution in [0.5, 0.6) is 0 Å². The zero-order valence-corrected chi connectivity index (χ0v) is 7.73. The maximum atomic E-state index is 10.5. The topological polar surface area (TPSA) is 43.4 Å². The van der Waals surface area contributed by atoms with Crippen LogP contribution in [0.15, 0.2) is 0 Å². The molecule has 0 aromatic carbocycles. The van der Waals surface area contributed by atoms with Gasteiger partial charge >= 0.3 is 5.97 Å². The van der Waals surface area contributed by atoms with Crippen LogP contribution in [-0.4, -0.2) is 29.9 Å². The predicted octanol–water partition coefficient (Wildman–Crippen LogP) is 0.870. The second-order valence-electron chi connectivity index (χ2n) is 2.46. The van der Waals surface area contributed by atoms with Crippen molar-refractivity contribution in [1.29, 1.82) is 0 Å². The van der Waals surface area contributed by atoms with Crippen LogP contribution in [0.1, 0.15) is 13.8 Å². The molecule has 1 unspecified atom stereocenters. The fourth-order valence-corrected chi connectivity index (χ4v) is 1.40. The molecule has 0 fully saturated rings. The highest BCUT2D eigenvalue weighted by molar-refractivity contribution is 7.98. The minimum atomic E-state index is -0.953. The van der Waals surface area contributed by atoms with Gasteiger partial charge in [-0.1, -0.05) is 0 Å². The van der Waals surface area contributed by atoms with Gasteiger partial charge in [0.25, 0.3) is 0 Å². The van der Waals surface area contributed by atoms with Crippen molar-refractivity contribution < 1.29 is 14.3 Å². The Morgan fingerprint density at radius 2 is 2.27 bits per heavy atom. The normalized spacial score (nSPS) is 15.2. The molecule has 3 nitrogen and oxygen atoms in total. The van der Waals surface area contributed by atoms with Crippen molar-refractivity contribution >= 4 is 24.0 Å². The first-order chi connectivity index (χ1) is 5.04. The summed E-state index contributed by atoms with van der Waals surface area (Å²) in [5.74, 6) is 0.0736. The molecule has 0 heterocycles. The SMILES string of the molecule is CSCC(C)(C=O)OC(C)=O. The van der Waals surface area contributed by atoms with E-state index in [1.165, 1.54) is 18.7 Å². The lowest BCUT2D eigenvalue weighted by atomic mass is 10.2. The Morgan fingerprint density at radius 1 is 1.73 bits per heavy atom. The number of esters is 1. The summed E-state index contributed by atoms with van der Waals surface area (Å²) in [7, 11) is 0. The molecule has 4 heteroatoms. The molecule has 0 aromatic heterocycles. The first-order valence-corrected chi connectivity index (χ1v) is 4.58. The average Bonchev–Trinajstić information content (AvgIpc) is 1.87. The van der Waals surface area contributed by atoms with Crippen LogP contribution in [0.3, 0.4) is 0 Å². The predicted molar refractivity (Wildman–Crippen MR) is 44.6 cm³/mol. The maximum absolute atomic E-state index is 10.5. The third-order valence-corrected chi connectivity index (χ3v) is 1.92. The highest BCUT2D eigenvalue weighted by Gasteiger charge is 2.25. The van der Waals surface area contributed by atoms with Gasteiger partial charge in [-0.3, -0.25) is 9.59 Å². The molecule has 0 N–H and O–H groups in total. The molecule has 0 saturated carbocycles. The Bertz CT molecular complexity index is 158. The molecule has 0 amide bonds. The molecular formula is C7H12O3S. The Kier molecular flexibility index (Phi) is 4.18. The van der Waals surface area contributed by atoms with E-state index < -0.39 is 11.6 Å². The number of aldehydes is 1. The molecule has 0 bridgehead atoms. The molecule has 0 aliphatic rings. The largest absolute Gasteiger partial charge is 0.451 e. The van der Waals surface area contributed by atoms with Crippen molar-refractivity contribution in [2.24, 2.45) is 0 Å². The zero-order chi connectivity index (χ0) is 8.91. The number of carbonyl (C=O) groups excluding carboxylic acids is 2. The lowest BCUT2D eigenvalue weighted by Gasteiger charge is -2.21. The number of hydrogen-bond acceptors (Lipinski definition) is 4. The van der Waals surface area contributed by atoms with Gasteiger partial charge in [-0.2, -0.15) is 11.8 Å². The maximum Gasteiger partial charge on any atom is 0.303 e. The standard InChI is InChI=1S/C7H12O3S/c1-6(9)10-7(2,4-8)5-11-3/h4H,5H2,1-3H3. The summed E-state index contributed by atoms with van der Waals surface area (Å²) >= 11 is 1.47. The van der Waals surface area contributed by atoms with Crippen LogP contribution < -0.4 is 0 Å². The van der Waals surface area contributed by atoms with E-state index in [4.69, 9.17) is 4.74 Å². The fraction of sp³-hybridized carbons (Fsp3) is 0.714. The highest BCUT2D eigenvalue weighted by atomic mass is 32.2. The van der Waals surface area contributed by atoms with Gasteiger partial charge < -0.3 is 4.74 Å². The van der Waals surface area contributed by atoms with Gasteiger partial charge in [0, 0.05) is 12.7 Å². The van der Waals surface area contributed by atoms with Crippen molar-refractivity contribution in [1.82, 2.24) is 0 Å². The van der Waals surface area contributed by atoms with Crippen LogP contribution >= 0.6 is 11.8 Å². The monoisotopic (exact) mass is 176 g/mol. The smallest absolute Gasteiger partial charge is 0.303 e. The lowest BCUT2D eigenvalue weighted by Crippen LogP contribution is -2.35. The fourth-order valence-electron chi connectivity index (χ4n) is 0.702. The van der Waals surface area contributed by atoms with E-state index >= 15 is 0 Å². The lowest BCUT2D eigenvalue weighted by molar-refractivity contribution is -0.156. The van der Waals surface area contributed by atoms with Crippen LogP contribution in [-0.2, 0) is 14.3 Å². The Morgan fingerprint density at radius 3 is 2.55 bits per heavy atom. The summed E-state index contributed by atoms with van der Waals surface area (Å²) in [4.78, 5) is 21.0. The summed E-state index contributed by atoms with van der Waals surface area (Å²) in [6, 6.07) is 0. The van der Waals surface area contributed by atoms with Gasteiger partial charge in [0.1, 0.15) is 0 Å². The molecule has 0 saturated heterocycles. The number of ether oxygens (including phenoxy) is 1. The van der Waals surface area contributed by atoms with E-state index in [9.17, 15) is 9.59 Å². The number of thioether (sulfide) groups is 1. The van der Waals surface area contributed by atoms with E-state index in [-0.39, 0.29) is 0 Å². The van der Waals surface area contributed by atoms with Gasteiger partial charge in [-0.15, -0.1) is 0 Å². The first-order valence-electron chi connectivity index (χ1n) is 3.19. The minimum absolute atomic E-state index is 0.423. The van der Waals surface area contributed by atoms with Gasteiger partial charge in [0.2, 0.25) is 0 Å². The number of carbonyl (C=O) groups is 2. The van der Waals surface area contributed by atoms with Crippen molar-refractivity contribution in [3.05, 3.63) is 0 Å². The van der Waals surface area contributed by atoms with Gasteiger partial charge in [-0.05, 0) is 13.2 Å². The minimum Gasteiger partial charge on any atom is -0.451 e.